The van der Waals surface area contributed by atoms with Gasteiger partial charge in [-0.15, -0.1) is 0 Å². The van der Waals surface area contributed by atoms with Crippen LogP contribution in [0.3, 0.4) is 0 Å². The predicted molar refractivity (Wildman–Crippen MR) is 93.2 cm³/mol. The number of piperidine rings is 1. The van der Waals surface area contributed by atoms with Crippen molar-refractivity contribution in [3.63, 3.8) is 0 Å². The maximum atomic E-state index is 12.8. The van der Waals surface area contributed by atoms with Gasteiger partial charge in [-0.2, -0.15) is 0 Å². The van der Waals surface area contributed by atoms with Gasteiger partial charge in [0.25, 0.3) is 11.6 Å². The van der Waals surface area contributed by atoms with E-state index in [0.29, 0.717) is 30.8 Å². The van der Waals surface area contributed by atoms with E-state index in [4.69, 9.17) is 5.73 Å². The maximum absolute atomic E-state index is 12.8. The van der Waals surface area contributed by atoms with E-state index in [-0.39, 0.29) is 30.0 Å². The van der Waals surface area contributed by atoms with E-state index in [2.05, 4.69) is 5.32 Å². The predicted octanol–water partition coefficient (Wildman–Crippen LogP) is 1.36. The highest BCUT2D eigenvalue weighted by Gasteiger charge is 2.28. The summed E-state index contributed by atoms with van der Waals surface area (Å²) in [6.45, 7) is 2.93. The molecule has 1 aromatic rings. The zero-order valence-electron chi connectivity index (χ0n) is 14.4. The molecule has 2 amide bonds. The lowest BCUT2D eigenvalue weighted by Gasteiger charge is -2.36. The standard InChI is InChI=1S/C17H24N4O4/c1-12-10-13(5-6-15(12)21(24)25)17(23)20-9-3-2-4-14(20)11-19-16(22)7-8-18/h5-6,10,14H,2-4,7-9,11,18H2,1H3,(H,19,22). The number of amides is 2. The molecule has 2 rings (SSSR count). The van der Waals surface area contributed by atoms with Crippen molar-refractivity contribution in [1.82, 2.24) is 10.2 Å². The third-order valence-electron chi connectivity index (χ3n) is 4.43. The highest BCUT2D eigenvalue weighted by molar-refractivity contribution is 5.95. The van der Waals surface area contributed by atoms with E-state index < -0.39 is 4.92 Å². The van der Waals surface area contributed by atoms with Crippen LogP contribution in [0.4, 0.5) is 5.69 Å². The number of hydrogen-bond acceptors (Lipinski definition) is 5. The smallest absolute Gasteiger partial charge is 0.272 e. The molecule has 0 saturated carbocycles. The first-order chi connectivity index (χ1) is 11.9. The fraction of sp³-hybridized carbons (Fsp3) is 0.529. The number of aryl methyl sites for hydroxylation is 1. The third-order valence-corrected chi connectivity index (χ3v) is 4.43. The Morgan fingerprint density at radius 3 is 2.80 bits per heavy atom. The number of nitro benzene ring substituents is 1. The van der Waals surface area contributed by atoms with Crippen LogP contribution >= 0.6 is 0 Å². The summed E-state index contributed by atoms with van der Waals surface area (Å²) in [4.78, 5) is 36.7. The molecule has 1 heterocycles. The number of rotatable bonds is 6. The average molecular weight is 348 g/mol. The van der Waals surface area contributed by atoms with Gasteiger partial charge in [0.1, 0.15) is 0 Å². The number of nitrogens with one attached hydrogen (secondary N) is 1. The van der Waals surface area contributed by atoms with Crippen molar-refractivity contribution >= 4 is 17.5 Å². The van der Waals surface area contributed by atoms with Gasteiger partial charge < -0.3 is 16.0 Å². The topological polar surface area (TPSA) is 119 Å². The van der Waals surface area contributed by atoms with E-state index in [1.165, 1.54) is 12.1 Å². The molecule has 8 heteroatoms. The van der Waals surface area contributed by atoms with Gasteiger partial charge in [-0.05, 0) is 38.3 Å². The summed E-state index contributed by atoms with van der Waals surface area (Å²) >= 11 is 0. The van der Waals surface area contributed by atoms with Crippen molar-refractivity contribution in [2.75, 3.05) is 19.6 Å². The molecule has 136 valence electrons. The molecule has 0 radical (unpaired) electrons. The molecule has 0 aromatic heterocycles. The van der Waals surface area contributed by atoms with Crippen LogP contribution in [0, 0.1) is 17.0 Å². The Labute approximate surface area is 146 Å². The highest BCUT2D eigenvalue weighted by Crippen LogP contribution is 2.23. The maximum Gasteiger partial charge on any atom is 0.272 e. The number of carbonyl (C=O) groups excluding carboxylic acids is 2. The Bertz CT molecular complexity index is 662. The van der Waals surface area contributed by atoms with E-state index in [1.807, 2.05) is 0 Å². The molecule has 1 fully saturated rings. The van der Waals surface area contributed by atoms with Gasteiger partial charge in [0, 0.05) is 49.3 Å². The number of nitro groups is 1. The molecular formula is C17H24N4O4. The van der Waals surface area contributed by atoms with Crippen molar-refractivity contribution in [2.45, 2.75) is 38.6 Å². The quantitative estimate of drug-likeness (QED) is 0.594. The van der Waals surface area contributed by atoms with Crippen molar-refractivity contribution in [3.8, 4) is 0 Å². The van der Waals surface area contributed by atoms with E-state index in [1.54, 1.807) is 17.9 Å². The Morgan fingerprint density at radius 2 is 2.16 bits per heavy atom. The molecule has 8 nitrogen and oxygen atoms in total. The summed E-state index contributed by atoms with van der Waals surface area (Å²) in [5.74, 6) is -0.276. The zero-order valence-corrected chi connectivity index (χ0v) is 14.4. The molecule has 1 aliphatic heterocycles. The second-order valence-corrected chi connectivity index (χ2v) is 6.25. The van der Waals surface area contributed by atoms with Crippen molar-refractivity contribution in [1.29, 1.82) is 0 Å². The molecule has 1 saturated heterocycles. The molecule has 0 aliphatic carbocycles. The first kappa shape index (κ1) is 18.9. The van der Waals surface area contributed by atoms with Crippen LogP contribution in [0.1, 0.15) is 41.6 Å². The SMILES string of the molecule is Cc1cc(C(=O)N2CCCCC2CNC(=O)CCN)ccc1[N+](=O)[O-]. The molecule has 1 aromatic carbocycles. The lowest BCUT2D eigenvalue weighted by molar-refractivity contribution is -0.385. The summed E-state index contributed by atoms with van der Waals surface area (Å²) < 4.78 is 0. The van der Waals surface area contributed by atoms with Gasteiger partial charge in [-0.1, -0.05) is 0 Å². The molecule has 25 heavy (non-hydrogen) atoms. The third kappa shape index (κ3) is 4.76. The lowest BCUT2D eigenvalue weighted by atomic mass is 10.00. The monoisotopic (exact) mass is 348 g/mol. The van der Waals surface area contributed by atoms with Crippen LogP contribution in [0.5, 0.6) is 0 Å². The normalized spacial score (nSPS) is 17.2. The van der Waals surface area contributed by atoms with E-state index >= 15 is 0 Å². The Balaban J connectivity index is 2.10. The molecule has 3 N–H and O–H groups in total. The second-order valence-electron chi connectivity index (χ2n) is 6.25. The number of nitrogens with zero attached hydrogens (tertiary/aromatic N) is 2. The minimum atomic E-state index is -0.458. The molecular weight excluding hydrogens is 324 g/mol. The lowest BCUT2D eigenvalue weighted by Crippen LogP contribution is -2.49. The minimum absolute atomic E-state index is 0.000733. The number of likely N-dealkylation sites (tertiary alicyclic amines) is 1. The minimum Gasteiger partial charge on any atom is -0.354 e. The zero-order chi connectivity index (χ0) is 18.4. The first-order valence-electron chi connectivity index (χ1n) is 8.46. The van der Waals surface area contributed by atoms with Crippen molar-refractivity contribution < 1.29 is 14.5 Å². The molecule has 1 unspecified atom stereocenters. The highest BCUT2D eigenvalue weighted by atomic mass is 16.6. The molecule has 1 atom stereocenters. The van der Waals surface area contributed by atoms with Gasteiger partial charge >= 0.3 is 0 Å². The number of hydrogen-bond donors (Lipinski definition) is 2. The summed E-state index contributed by atoms with van der Waals surface area (Å²) in [6, 6.07) is 4.34. The van der Waals surface area contributed by atoms with Crippen LogP contribution in [0.15, 0.2) is 18.2 Å². The Morgan fingerprint density at radius 1 is 1.40 bits per heavy atom. The molecule has 0 bridgehead atoms. The fourth-order valence-electron chi connectivity index (χ4n) is 3.09. The van der Waals surface area contributed by atoms with Gasteiger partial charge in [0.05, 0.1) is 4.92 Å². The van der Waals surface area contributed by atoms with Crippen molar-refractivity contribution in [3.05, 3.63) is 39.4 Å². The van der Waals surface area contributed by atoms with Crippen LogP contribution in [0.25, 0.3) is 0 Å². The van der Waals surface area contributed by atoms with Crippen LogP contribution in [-0.4, -0.2) is 47.3 Å². The molecule has 0 spiro atoms. The largest absolute Gasteiger partial charge is 0.354 e. The number of carbonyl (C=O) groups is 2. The van der Waals surface area contributed by atoms with E-state index in [9.17, 15) is 19.7 Å². The summed E-state index contributed by atoms with van der Waals surface area (Å²) in [5, 5.41) is 13.7. The van der Waals surface area contributed by atoms with Crippen LogP contribution < -0.4 is 11.1 Å². The van der Waals surface area contributed by atoms with Crippen LogP contribution in [-0.2, 0) is 4.79 Å². The van der Waals surface area contributed by atoms with E-state index in [0.717, 1.165) is 19.3 Å². The Hall–Kier alpha value is -2.48. The summed E-state index contributed by atoms with van der Waals surface area (Å²) in [7, 11) is 0. The number of benzene rings is 1. The van der Waals surface area contributed by atoms with Gasteiger partial charge in [0.2, 0.25) is 5.91 Å². The first-order valence-corrected chi connectivity index (χ1v) is 8.46. The van der Waals surface area contributed by atoms with Gasteiger partial charge in [-0.25, -0.2) is 0 Å². The van der Waals surface area contributed by atoms with Crippen molar-refractivity contribution in [2.24, 2.45) is 5.73 Å². The second kappa shape index (κ2) is 8.57. The average Bonchev–Trinajstić information content (AvgIpc) is 2.59. The Kier molecular flexibility index (Phi) is 6.46. The fourth-order valence-corrected chi connectivity index (χ4v) is 3.09. The molecule has 1 aliphatic rings. The van der Waals surface area contributed by atoms with Gasteiger partial charge in [-0.3, -0.25) is 19.7 Å². The summed E-state index contributed by atoms with van der Waals surface area (Å²) in [5.41, 5.74) is 6.26. The van der Waals surface area contributed by atoms with Crippen LogP contribution in [0.2, 0.25) is 0 Å². The van der Waals surface area contributed by atoms with Gasteiger partial charge in [0.15, 0.2) is 0 Å². The number of nitrogens with two attached hydrogens (primary N) is 1. The summed E-state index contributed by atoms with van der Waals surface area (Å²) in [6.07, 6.45) is 2.99.